The Hall–Kier alpha value is -1.28. The van der Waals surface area contributed by atoms with Crippen molar-refractivity contribution in [1.82, 2.24) is 9.88 Å². The predicted octanol–water partition coefficient (Wildman–Crippen LogP) is 1.95. The fraction of sp³-hybridized carbons (Fsp3) is 0.385. The topological polar surface area (TPSA) is 62.7 Å². The van der Waals surface area contributed by atoms with Crippen LogP contribution in [0.1, 0.15) is 10.5 Å². The van der Waals surface area contributed by atoms with E-state index in [-0.39, 0.29) is 19.1 Å². The fourth-order valence-corrected chi connectivity index (χ4v) is 3.20. The molecule has 0 unspecified atom stereocenters. The zero-order valence-corrected chi connectivity index (χ0v) is 12.7. The Balaban J connectivity index is 2.10. The van der Waals surface area contributed by atoms with Gasteiger partial charge in [-0.25, -0.2) is 4.98 Å². The molecule has 2 aromatic heterocycles. The average Bonchev–Trinajstić information content (AvgIpc) is 3.12. The minimum absolute atomic E-state index is 0.0724. The van der Waals surface area contributed by atoms with Gasteiger partial charge in [0.05, 0.1) is 13.2 Å². The van der Waals surface area contributed by atoms with E-state index >= 15 is 0 Å². The molecule has 0 aliphatic heterocycles. The smallest absolute Gasteiger partial charge is 0.273 e. The summed E-state index contributed by atoms with van der Waals surface area (Å²) in [5.41, 5.74) is 1.45. The molecule has 2 aromatic rings. The molecule has 1 amide bonds. The van der Waals surface area contributed by atoms with Crippen LogP contribution in [0.15, 0.2) is 22.2 Å². The van der Waals surface area contributed by atoms with Gasteiger partial charge in [-0.15, -0.1) is 11.3 Å². The molecule has 5 nitrogen and oxygen atoms in total. The summed E-state index contributed by atoms with van der Waals surface area (Å²) >= 11 is 3.05. The van der Waals surface area contributed by atoms with Crippen molar-refractivity contribution in [2.75, 3.05) is 33.4 Å². The minimum atomic E-state index is -0.172. The van der Waals surface area contributed by atoms with Crippen LogP contribution in [0.4, 0.5) is 0 Å². The van der Waals surface area contributed by atoms with Crippen LogP contribution in [0.5, 0.6) is 0 Å². The Labute approximate surface area is 125 Å². The van der Waals surface area contributed by atoms with Crippen molar-refractivity contribution in [3.05, 3.63) is 27.9 Å². The molecule has 108 valence electrons. The number of hydrogen-bond acceptors (Lipinski definition) is 6. The molecule has 2 rings (SSSR count). The van der Waals surface area contributed by atoms with Crippen molar-refractivity contribution in [3.8, 4) is 10.6 Å². The van der Waals surface area contributed by atoms with Gasteiger partial charge >= 0.3 is 0 Å². The summed E-state index contributed by atoms with van der Waals surface area (Å²) in [6, 6.07) is 1.98. The van der Waals surface area contributed by atoms with Crippen LogP contribution in [-0.4, -0.2) is 54.3 Å². The van der Waals surface area contributed by atoms with Crippen molar-refractivity contribution in [2.45, 2.75) is 0 Å². The van der Waals surface area contributed by atoms with Crippen LogP contribution in [0.25, 0.3) is 10.6 Å². The molecule has 0 spiro atoms. The number of ether oxygens (including phenoxy) is 1. The zero-order chi connectivity index (χ0) is 14.4. The second-order valence-corrected chi connectivity index (χ2v) is 5.70. The second kappa shape index (κ2) is 7.49. The van der Waals surface area contributed by atoms with Crippen LogP contribution < -0.4 is 0 Å². The number of nitrogens with zero attached hydrogens (tertiary/aromatic N) is 2. The molecular formula is C13H16N2O3S2. The Morgan fingerprint density at radius 1 is 1.45 bits per heavy atom. The third-order valence-corrected chi connectivity index (χ3v) is 4.29. The molecule has 1 N–H and O–H groups in total. The van der Waals surface area contributed by atoms with Gasteiger partial charge in [0.15, 0.2) is 0 Å². The lowest BCUT2D eigenvalue weighted by Crippen LogP contribution is -2.36. The summed E-state index contributed by atoms with van der Waals surface area (Å²) in [4.78, 5) is 18.3. The first kappa shape index (κ1) is 15.1. The van der Waals surface area contributed by atoms with E-state index in [4.69, 9.17) is 9.84 Å². The quantitative estimate of drug-likeness (QED) is 0.849. The molecule has 0 bridgehead atoms. The number of aromatic nitrogens is 1. The first-order chi connectivity index (χ1) is 9.76. The summed E-state index contributed by atoms with van der Waals surface area (Å²) in [6.45, 7) is 1.10. The monoisotopic (exact) mass is 312 g/mol. The SMILES string of the molecule is COCCN(CCO)C(=O)c1csc(-c2ccsc2)n1. The Morgan fingerprint density at radius 2 is 2.30 bits per heavy atom. The lowest BCUT2D eigenvalue weighted by Gasteiger charge is -2.20. The molecule has 7 heteroatoms. The number of methoxy groups -OCH3 is 1. The van der Waals surface area contributed by atoms with Gasteiger partial charge in [-0.3, -0.25) is 4.79 Å². The second-order valence-electron chi connectivity index (χ2n) is 4.06. The van der Waals surface area contributed by atoms with Crippen molar-refractivity contribution < 1.29 is 14.6 Å². The number of aliphatic hydroxyl groups excluding tert-OH is 1. The molecule has 0 aliphatic rings. The number of thiazole rings is 1. The molecule has 20 heavy (non-hydrogen) atoms. The normalized spacial score (nSPS) is 10.7. The van der Waals surface area contributed by atoms with Crippen molar-refractivity contribution in [1.29, 1.82) is 0 Å². The molecule has 0 saturated carbocycles. The van der Waals surface area contributed by atoms with Gasteiger partial charge < -0.3 is 14.7 Å². The molecule has 0 saturated heterocycles. The maximum Gasteiger partial charge on any atom is 0.273 e. The van der Waals surface area contributed by atoms with Gasteiger partial charge in [0.2, 0.25) is 0 Å². The summed E-state index contributed by atoms with van der Waals surface area (Å²) in [6.07, 6.45) is 0. The van der Waals surface area contributed by atoms with Crippen molar-refractivity contribution in [2.24, 2.45) is 0 Å². The van der Waals surface area contributed by atoms with Gasteiger partial charge in [0.1, 0.15) is 10.7 Å². The number of rotatable bonds is 7. The van der Waals surface area contributed by atoms with E-state index in [1.54, 1.807) is 28.7 Å². The predicted molar refractivity (Wildman–Crippen MR) is 80.3 cm³/mol. The highest BCUT2D eigenvalue weighted by atomic mass is 32.1. The molecular weight excluding hydrogens is 296 g/mol. The van der Waals surface area contributed by atoms with Crippen LogP contribution in [0, 0.1) is 0 Å². The fourth-order valence-electron chi connectivity index (χ4n) is 1.69. The summed E-state index contributed by atoms with van der Waals surface area (Å²) in [5.74, 6) is -0.172. The zero-order valence-electron chi connectivity index (χ0n) is 11.1. The number of carbonyl (C=O) groups excluding carboxylic acids is 1. The van der Waals surface area contributed by atoms with E-state index in [0.29, 0.717) is 18.8 Å². The van der Waals surface area contributed by atoms with Crippen molar-refractivity contribution in [3.63, 3.8) is 0 Å². The minimum Gasteiger partial charge on any atom is -0.395 e. The van der Waals surface area contributed by atoms with Crippen LogP contribution in [0.2, 0.25) is 0 Å². The van der Waals surface area contributed by atoms with Crippen LogP contribution >= 0.6 is 22.7 Å². The Bertz CT molecular complexity index is 540. The maximum atomic E-state index is 12.3. The Morgan fingerprint density at radius 3 is 2.95 bits per heavy atom. The lowest BCUT2D eigenvalue weighted by atomic mass is 10.3. The molecule has 0 radical (unpaired) electrons. The number of amides is 1. The van der Waals surface area contributed by atoms with E-state index in [9.17, 15) is 4.79 Å². The van der Waals surface area contributed by atoms with Gasteiger partial charge in [0.25, 0.3) is 5.91 Å². The number of thiophene rings is 1. The van der Waals surface area contributed by atoms with E-state index < -0.39 is 0 Å². The highest BCUT2D eigenvalue weighted by molar-refractivity contribution is 7.14. The van der Waals surface area contributed by atoms with E-state index in [2.05, 4.69) is 4.98 Å². The average molecular weight is 312 g/mol. The molecule has 2 heterocycles. The standard InChI is InChI=1S/C13H16N2O3S2/c1-18-6-4-15(3-5-16)13(17)11-9-20-12(14-11)10-2-7-19-8-10/h2,7-9,16H,3-6H2,1H3. The van der Waals surface area contributed by atoms with Crippen LogP contribution in [0.3, 0.4) is 0 Å². The van der Waals surface area contributed by atoms with Crippen molar-refractivity contribution >= 4 is 28.6 Å². The number of aliphatic hydroxyl groups is 1. The van der Waals surface area contributed by atoms with Gasteiger partial charge in [0, 0.05) is 36.5 Å². The highest BCUT2D eigenvalue weighted by Gasteiger charge is 2.18. The maximum absolute atomic E-state index is 12.3. The third-order valence-electron chi connectivity index (χ3n) is 2.71. The number of carbonyl (C=O) groups is 1. The highest BCUT2D eigenvalue weighted by Crippen LogP contribution is 2.26. The van der Waals surface area contributed by atoms with Gasteiger partial charge in [-0.2, -0.15) is 11.3 Å². The summed E-state index contributed by atoms with van der Waals surface area (Å²) in [5, 5.41) is 15.6. The van der Waals surface area contributed by atoms with Gasteiger partial charge in [-0.05, 0) is 11.4 Å². The third kappa shape index (κ3) is 3.63. The lowest BCUT2D eigenvalue weighted by molar-refractivity contribution is 0.0651. The summed E-state index contributed by atoms with van der Waals surface area (Å²) in [7, 11) is 1.58. The number of hydrogen-bond donors (Lipinski definition) is 1. The Kier molecular flexibility index (Phi) is 5.66. The van der Waals surface area contributed by atoms with E-state index in [1.807, 2.05) is 16.8 Å². The van der Waals surface area contributed by atoms with Crippen LogP contribution in [-0.2, 0) is 4.74 Å². The largest absolute Gasteiger partial charge is 0.395 e. The van der Waals surface area contributed by atoms with E-state index in [1.165, 1.54) is 11.3 Å². The molecule has 0 atom stereocenters. The molecule has 0 aliphatic carbocycles. The summed E-state index contributed by atoms with van der Waals surface area (Å²) < 4.78 is 4.98. The van der Waals surface area contributed by atoms with E-state index in [0.717, 1.165) is 10.6 Å². The first-order valence-corrected chi connectivity index (χ1v) is 7.95. The molecule has 0 fully saturated rings. The van der Waals surface area contributed by atoms with Gasteiger partial charge in [-0.1, -0.05) is 0 Å². The molecule has 0 aromatic carbocycles. The first-order valence-electron chi connectivity index (χ1n) is 6.13.